The summed E-state index contributed by atoms with van der Waals surface area (Å²) in [7, 11) is -2.91. The standard InChI is InChI=1S/C19H29N3O2S/c1-15(2)11-22-18-9-5-4-8-17(18)20-19(22)13-21-10-6-7-16(12-21)14-25(3,23)24/h4-5,8-9,15-16H,6-7,10-14H2,1-3H3/t16-/m1/s1. The second-order valence-corrected chi connectivity index (χ2v) is 10.0. The van der Waals surface area contributed by atoms with E-state index in [0.29, 0.717) is 11.7 Å². The molecule has 2 heterocycles. The van der Waals surface area contributed by atoms with Crippen molar-refractivity contribution in [3.05, 3.63) is 30.1 Å². The maximum atomic E-state index is 11.6. The summed E-state index contributed by atoms with van der Waals surface area (Å²) in [5.41, 5.74) is 2.23. The van der Waals surface area contributed by atoms with Crippen LogP contribution in [0.1, 0.15) is 32.5 Å². The number of fused-ring (bicyclic) bond motifs is 1. The molecule has 1 aromatic carbocycles. The minimum Gasteiger partial charge on any atom is -0.327 e. The maximum Gasteiger partial charge on any atom is 0.147 e. The molecule has 0 bridgehead atoms. The fraction of sp³-hybridized carbons (Fsp3) is 0.632. The van der Waals surface area contributed by atoms with Gasteiger partial charge in [-0.15, -0.1) is 0 Å². The molecule has 0 saturated carbocycles. The third kappa shape index (κ3) is 4.82. The quantitative estimate of drug-likeness (QED) is 0.792. The molecule has 2 aromatic rings. The molecule has 0 spiro atoms. The van der Waals surface area contributed by atoms with Crippen LogP contribution in [0.3, 0.4) is 0 Å². The lowest BCUT2D eigenvalue weighted by molar-refractivity contribution is 0.172. The van der Waals surface area contributed by atoms with Gasteiger partial charge in [0.2, 0.25) is 0 Å². The van der Waals surface area contributed by atoms with E-state index in [1.165, 1.54) is 11.8 Å². The van der Waals surface area contributed by atoms with Crippen LogP contribution >= 0.6 is 0 Å². The first-order valence-electron chi connectivity index (χ1n) is 9.16. The van der Waals surface area contributed by atoms with Crippen molar-refractivity contribution >= 4 is 20.9 Å². The van der Waals surface area contributed by atoms with Gasteiger partial charge < -0.3 is 4.57 Å². The Hall–Kier alpha value is -1.40. The lowest BCUT2D eigenvalue weighted by atomic mass is 10.0. The van der Waals surface area contributed by atoms with Crippen LogP contribution in [0.25, 0.3) is 11.0 Å². The SMILES string of the molecule is CC(C)Cn1c(CN2CCC[C@@H](CS(C)(=O)=O)C2)nc2ccccc21. The molecule has 0 radical (unpaired) electrons. The molecule has 1 aliphatic rings. The number of piperidine rings is 1. The van der Waals surface area contributed by atoms with Crippen molar-refractivity contribution in [1.29, 1.82) is 0 Å². The molecule has 1 saturated heterocycles. The first kappa shape index (κ1) is 18.4. The summed E-state index contributed by atoms with van der Waals surface area (Å²) in [5.74, 6) is 2.18. The highest BCUT2D eigenvalue weighted by Gasteiger charge is 2.24. The second kappa shape index (κ2) is 7.46. The first-order valence-corrected chi connectivity index (χ1v) is 11.2. The number of nitrogens with zero attached hydrogens (tertiary/aromatic N) is 3. The largest absolute Gasteiger partial charge is 0.327 e. The van der Waals surface area contributed by atoms with Gasteiger partial charge in [0.15, 0.2) is 0 Å². The van der Waals surface area contributed by atoms with Gasteiger partial charge in [0.05, 0.1) is 23.3 Å². The van der Waals surface area contributed by atoms with Gasteiger partial charge in [-0.1, -0.05) is 26.0 Å². The Balaban J connectivity index is 1.80. The Labute approximate surface area is 151 Å². The summed E-state index contributed by atoms with van der Waals surface area (Å²) in [6.07, 6.45) is 3.41. The molecule has 1 fully saturated rings. The van der Waals surface area contributed by atoms with E-state index in [-0.39, 0.29) is 5.92 Å². The van der Waals surface area contributed by atoms with Crippen molar-refractivity contribution in [2.75, 3.05) is 25.1 Å². The fourth-order valence-corrected chi connectivity index (χ4v) is 5.00. The number of aromatic nitrogens is 2. The molecule has 1 aromatic heterocycles. The number of para-hydroxylation sites is 2. The Kier molecular flexibility index (Phi) is 5.49. The number of imidazole rings is 1. The number of benzene rings is 1. The molecule has 0 unspecified atom stereocenters. The predicted octanol–water partition coefficient (Wildman–Crippen LogP) is 2.95. The zero-order valence-electron chi connectivity index (χ0n) is 15.5. The van der Waals surface area contributed by atoms with Crippen LogP contribution in [0.15, 0.2) is 24.3 Å². The third-order valence-electron chi connectivity index (χ3n) is 4.79. The van der Waals surface area contributed by atoms with E-state index in [1.54, 1.807) is 0 Å². The highest BCUT2D eigenvalue weighted by atomic mass is 32.2. The molecule has 5 nitrogen and oxygen atoms in total. The molecule has 25 heavy (non-hydrogen) atoms. The first-order chi connectivity index (χ1) is 11.8. The van der Waals surface area contributed by atoms with Crippen molar-refractivity contribution < 1.29 is 8.42 Å². The fourth-order valence-electron chi connectivity index (χ4n) is 3.87. The van der Waals surface area contributed by atoms with Gasteiger partial charge in [-0.2, -0.15) is 0 Å². The number of rotatable bonds is 6. The van der Waals surface area contributed by atoms with Gasteiger partial charge in [-0.05, 0) is 43.4 Å². The minimum atomic E-state index is -2.91. The molecule has 0 amide bonds. The van der Waals surface area contributed by atoms with Gasteiger partial charge in [0.25, 0.3) is 0 Å². The Morgan fingerprint density at radius 3 is 2.76 bits per heavy atom. The number of sulfone groups is 1. The minimum absolute atomic E-state index is 0.242. The summed E-state index contributed by atoms with van der Waals surface area (Å²) in [5, 5.41) is 0. The third-order valence-corrected chi connectivity index (χ3v) is 5.86. The topological polar surface area (TPSA) is 55.2 Å². The highest BCUT2D eigenvalue weighted by Crippen LogP contribution is 2.23. The zero-order valence-corrected chi connectivity index (χ0v) is 16.3. The van der Waals surface area contributed by atoms with E-state index in [1.807, 2.05) is 6.07 Å². The van der Waals surface area contributed by atoms with E-state index in [4.69, 9.17) is 4.98 Å². The summed E-state index contributed by atoms with van der Waals surface area (Å²) in [4.78, 5) is 7.23. The maximum absolute atomic E-state index is 11.6. The highest BCUT2D eigenvalue weighted by molar-refractivity contribution is 7.90. The molecule has 0 aliphatic carbocycles. The summed E-state index contributed by atoms with van der Waals surface area (Å²) < 4.78 is 25.6. The van der Waals surface area contributed by atoms with Crippen LogP contribution in [0, 0.1) is 11.8 Å². The lowest BCUT2D eigenvalue weighted by Crippen LogP contribution is -2.38. The molecule has 1 atom stereocenters. The van der Waals surface area contributed by atoms with E-state index in [0.717, 1.165) is 50.4 Å². The predicted molar refractivity (Wildman–Crippen MR) is 102 cm³/mol. The van der Waals surface area contributed by atoms with Gasteiger partial charge in [0, 0.05) is 19.3 Å². The summed E-state index contributed by atoms with van der Waals surface area (Å²) in [6, 6.07) is 8.30. The van der Waals surface area contributed by atoms with Crippen molar-refractivity contribution in [3.63, 3.8) is 0 Å². The van der Waals surface area contributed by atoms with Crippen LogP contribution in [0.5, 0.6) is 0 Å². The van der Waals surface area contributed by atoms with Crippen molar-refractivity contribution in [2.45, 2.75) is 39.8 Å². The summed E-state index contributed by atoms with van der Waals surface area (Å²) >= 11 is 0. The molecule has 1 aliphatic heterocycles. The second-order valence-electron chi connectivity index (χ2n) is 7.86. The van der Waals surface area contributed by atoms with Gasteiger partial charge in [-0.3, -0.25) is 4.90 Å². The Morgan fingerprint density at radius 1 is 1.28 bits per heavy atom. The van der Waals surface area contributed by atoms with Gasteiger partial charge in [-0.25, -0.2) is 13.4 Å². The number of likely N-dealkylation sites (tertiary alicyclic amines) is 1. The van der Waals surface area contributed by atoms with Crippen molar-refractivity contribution in [1.82, 2.24) is 14.5 Å². The number of hydrogen-bond acceptors (Lipinski definition) is 4. The molecule has 138 valence electrons. The molecule has 0 N–H and O–H groups in total. The van der Waals surface area contributed by atoms with Crippen LogP contribution < -0.4 is 0 Å². The normalized spacial score (nSPS) is 19.8. The van der Waals surface area contributed by atoms with Crippen LogP contribution in [-0.2, 0) is 22.9 Å². The molecule has 3 rings (SSSR count). The van der Waals surface area contributed by atoms with E-state index >= 15 is 0 Å². The van der Waals surface area contributed by atoms with Crippen molar-refractivity contribution in [2.24, 2.45) is 11.8 Å². The molecule has 6 heteroatoms. The molecular weight excluding hydrogens is 334 g/mol. The van der Waals surface area contributed by atoms with E-state index < -0.39 is 9.84 Å². The number of hydrogen-bond donors (Lipinski definition) is 0. The van der Waals surface area contributed by atoms with Gasteiger partial charge >= 0.3 is 0 Å². The van der Waals surface area contributed by atoms with Crippen LogP contribution in [-0.4, -0.2) is 48.0 Å². The van der Waals surface area contributed by atoms with Crippen LogP contribution in [0.4, 0.5) is 0 Å². The lowest BCUT2D eigenvalue weighted by Gasteiger charge is -2.32. The average molecular weight is 364 g/mol. The van der Waals surface area contributed by atoms with E-state index in [9.17, 15) is 8.42 Å². The van der Waals surface area contributed by atoms with E-state index in [2.05, 4.69) is 41.5 Å². The smallest absolute Gasteiger partial charge is 0.147 e. The van der Waals surface area contributed by atoms with Gasteiger partial charge in [0.1, 0.15) is 15.7 Å². The van der Waals surface area contributed by atoms with Crippen LogP contribution in [0.2, 0.25) is 0 Å². The zero-order chi connectivity index (χ0) is 18.0. The monoisotopic (exact) mass is 363 g/mol. The summed E-state index contributed by atoms with van der Waals surface area (Å²) in [6.45, 7) is 8.06. The Morgan fingerprint density at radius 2 is 2.04 bits per heavy atom. The Bertz CT molecular complexity index is 826. The van der Waals surface area contributed by atoms with Crippen molar-refractivity contribution in [3.8, 4) is 0 Å². The molecular formula is C19H29N3O2S. The average Bonchev–Trinajstić information content (AvgIpc) is 2.83.